The summed E-state index contributed by atoms with van der Waals surface area (Å²) in [5, 5.41) is 0.554. The molecule has 2 amide bonds. The number of imide groups is 1. The largest absolute Gasteiger partial charge is 0.423 e. The number of benzene rings is 2. The van der Waals surface area contributed by atoms with E-state index in [1.807, 2.05) is 0 Å². The molecule has 0 aromatic heterocycles. The van der Waals surface area contributed by atoms with Gasteiger partial charge in [0.1, 0.15) is 11.8 Å². The predicted molar refractivity (Wildman–Crippen MR) is 88.5 cm³/mol. The number of amides is 2. The minimum atomic E-state index is -1.09. The summed E-state index contributed by atoms with van der Waals surface area (Å²) in [6.45, 7) is 1.42. The summed E-state index contributed by atoms with van der Waals surface area (Å²) in [6.07, 6.45) is 0. The van der Waals surface area contributed by atoms with Gasteiger partial charge in [-0.15, -0.1) is 0 Å². The van der Waals surface area contributed by atoms with Crippen LogP contribution in [0.4, 0.5) is 0 Å². The first-order valence-corrected chi connectivity index (χ1v) is 7.79. The molecule has 1 heterocycles. The van der Waals surface area contributed by atoms with Gasteiger partial charge in [-0.2, -0.15) is 0 Å². The Hall–Kier alpha value is -2.37. The Bertz CT molecular complexity index is 830. The van der Waals surface area contributed by atoms with Crippen molar-refractivity contribution in [1.29, 1.82) is 0 Å². The number of nitrogens with zero attached hydrogens (tertiary/aromatic N) is 1. The second-order valence-corrected chi connectivity index (χ2v) is 6.04. The zero-order valence-electron chi connectivity index (χ0n) is 12.5. The molecule has 5 nitrogen and oxygen atoms in total. The average Bonchev–Trinajstić information content (AvgIpc) is 2.81. The Labute approximate surface area is 147 Å². The summed E-state index contributed by atoms with van der Waals surface area (Å²) >= 11 is 11.7. The van der Waals surface area contributed by atoms with Gasteiger partial charge in [0.15, 0.2) is 0 Å². The van der Waals surface area contributed by atoms with Gasteiger partial charge in [0.05, 0.1) is 16.1 Å². The fourth-order valence-corrected chi connectivity index (χ4v) is 2.86. The second kappa shape index (κ2) is 6.26. The van der Waals surface area contributed by atoms with Crippen LogP contribution in [0.25, 0.3) is 0 Å². The summed E-state index contributed by atoms with van der Waals surface area (Å²) in [6, 6.07) is 9.70. The Kier molecular flexibility index (Phi) is 4.30. The van der Waals surface area contributed by atoms with Crippen LogP contribution in [-0.4, -0.2) is 28.7 Å². The van der Waals surface area contributed by atoms with Crippen LogP contribution in [-0.2, 0) is 4.79 Å². The summed E-state index contributed by atoms with van der Waals surface area (Å²) in [4.78, 5) is 37.9. The fraction of sp³-hybridized carbons (Fsp3) is 0.118. The molecule has 2 aromatic carbocycles. The van der Waals surface area contributed by atoms with E-state index in [-0.39, 0.29) is 21.9 Å². The van der Waals surface area contributed by atoms with Crippen LogP contribution in [0.1, 0.15) is 27.6 Å². The molecule has 0 fully saturated rings. The van der Waals surface area contributed by atoms with E-state index >= 15 is 0 Å². The monoisotopic (exact) mass is 363 g/mol. The number of halogens is 2. The summed E-state index contributed by atoms with van der Waals surface area (Å²) < 4.78 is 5.19. The lowest BCUT2D eigenvalue weighted by molar-refractivity contribution is -0.138. The maximum absolute atomic E-state index is 12.4. The molecule has 1 atom stereocenters. The van der Waals surface area contributed by atoms with Crippen LogP contribution in [0.5, 0.6) is 5.75 Å². The highest BCUT2D eigenvalue weighted by Crippen LogP contribution is 2.29. The van der Waals surface area contributed by atoms with E-state index in [1.54, 1.807) is 24.3 Å². The lowest BCUT2D eigenvalue weighted by Crippen LogP contribution is -2.44. The molecule has 7 heteroatoms. The zero-order valence-corrected chi connectivity index (χ0v) is 14.0. The van der Waals surface area contributed by atoms with Gasteiger partial charge >= 0.3 is 5.97 Å². The number of esters is 1. The molecule has 1 aliphatic rings. The van der Waals surface area contributed by atoms with Crippen molar-refractivity contribution in [3.05, 3.63) is 63.6 Å². The highest BCUT2D eigenvalue weighted by Gasteiger charge is 2.41. The number of hydrogen-bond acceptors (Lipinski definition) is 4. The third-order valence-electron chi connectivity index (χ3n) is 3.66. The molecule has 0 bridgehead atoms. The van der Waals surface area contributed by atoms with Gasteiger partial charge in [-0.25, -0.2) is 4.79 Å². The van der Waals surface area contributed by atoms with E-state index < -0.39 is 23.8 Å². The van der Waals surface area contributed by atoms with E-state index in [0.29, 0.717) is 5.02 Å². The van der Waals surface area contributed by atoms with E-state index in [1.165, 1.54) is 25.1 Å². The molecule has 2 aromatic rings. The Morgan fingerprint density at radius 2 is 1.62 bits per heavy atom. The molecule has 3 rings (SSSR count). The van der Waals surface area contributed by atoms with Gasteiger partial charge in [-0.3, -0.25) is 14.5 Å². The smallest absolute Gasteiger partial charge is 0.334 e. The average molecular weight is 364 g/mol. The Balaban J connectivity index is 1.82. The van der Waals surface area contributed by atoms with Gasteiger partial charge in [0, 0.05) is 5.02 Å². The highest BCUT2D eigenvalue weighted by molar-refractivity contribution is 6.35. The first-order valence-electron chi connectivity index (χ1n) is 7.04. The standard InChI is InChI=1S/C17H11Cl2NO4/c1-9(17(23)24-14-7-6-10(18)8-13(14)19)20-15(21)11-4-2-3-5-12(11)16(20)22/h2-9H,1H3. The molecule has 0 radical (unpaired) electrons. The van der Waals surface area contributed by atoms with Crippen LogP contribution in [0, 0.1) is 0 Å². The van der Waals surface area contributed by atoms with Crippen molar-refractivity contribution in [2.24, 2.45) is 0 Å². The van der Waals surface area contributed by atoms with E-state index in [0.717, 1.165) is 4.90 Å². The maximum atomic E-state index is 12.4. The zero-order chi connectivity index (χ0) is 17.4. The fourth-order valence-electron chi connectivity index (χ4n) is 2.42. The first kappa shape index (κ1) is 16.5. The van der Waals surface area contributed by atoms with Gasteiger partial charge in [0.25, 0.3) is 11.8 Å². The van der Waals surface area contributed by atoms with E-state index in [2.05, 4.69) is 0 Å². The van der Waals surface area contributed by atoms with Crippen LogP contribution < -0.4 is 4.74 Å². The maximum Gasteiger partial charge on any atom is 0.334 e. The van der Waals surface area contributed by atoms with Gasteiger partial charge < -0.3 is 4.74 Å². The predicted octanol–water partition coefficient (Wildman–Crippen LogP) is 3.58. The lowest BCUT2D eigenvalue weighted by Gasteiger charge is -2.21. The first-order chi connectivity index (χ1) is 11.4. The number of carbonyl (C=O) groups is 3. The molecule has 0 aliphatic carbocycles. The van der Waals surface area contributed by atoms with Crippen molar-refractivity contribution in [1.82, 2.24) is 4.90 Å². The second-order valence-electron chi connectivity index (χ2n) is 5.20. The van der Waals surface area contributed by atoms with Gasteiger partial charge in [0.2, 0.25) is 0 Å². The molecular weight excluding hydrogens is 353 g/mol. The molecule has 0 saturated heterocycles. The van der Waals surface area contributed by atoms with E-state index in [4.69, 9.17) is 27.9 Å². The Morgan fingerprint density at radius 3 is 2.17 bits per heavy atom. The number of fused-ring (bicyclic) bond motifs is 1. The Morgan fingerprint density at radius 1 is 1.04 bits per heavy atom. The SMILES string of the molecule is CC(C(=O)Oc1ccc(Cl)cc1Cl)N1C(=O)c2ccccc2C1=O. The summed E-state index contributed by atoms with van der Waals surface area (Å²) in [7, 11) is 0. The summed E-state index contributed by atoms with van der Waals surface area (Å²) in [5.41, 5.74) is 0.540. The molecule has 0 N–H and O–H groups in total. The van der Waals surface area contributed by atoms with Crippen molar-refractivity contribution in [3.63, 3.8) is 0 Å². The van der Waals surface area contributed by atoms with Crippen LogP contribution in [0.15, 0.2) is 42.5 Å². The van der Waals surface area contributed by atoms with Crippen molar-refractivity contribution >= 4 is 41.0 Å². The molecule has 24 heavy (non-hydrogen) atoms. The topological polar surface area (TPSA) is 63.7 Å². The number of hydrogen-bond donors (Lipinski definition) is 0. The molecule has 1 aliphatic heterocycles. The quantitative estimate of drug-likeness (QED) is 0.474. The van der Waals surface area contributed by atoms with Crippen molar-refractivity contribution in [2.45, 2.75) is 13.0 Å². The number of carbonyl (C=O) groups excluding carboxylic acids is 3. The minimum absolute atomic E-state index is 0.106. The lowest BCUT2D eigenvalue weighted by atomic mass is 10.1. The van der Waals surface area contributed by atoms with Crippen LogP contribution in [0.3, 0.4) is 0 Å². The van der Waals surface area contributed by atoms with Crippen LogP contribution in [0.2, 0.25) is 10.0 Å². The molecule has 122 valence electrons. The highest BCUT2D eigenvalue weighted by atomic mass is 35.5. The molecule has 1 unspecified atom stereocenters. The van der Waals surface area contributed by atoms with Gasteiger partial charge in [-0.05, 0) is 37.3 Å². The van der Waals surface area contributed by atoms with Gasteiger partial charge in [-0.1, -0.05) is 35.3 Å². The number of ether oxygens (including phenoxy) is 1. The van der Waals surface area contributed by atoms with Crippen LogP contribution >= 0.6 is 23.2 Å². The third-order valence-corrected chi connectivity index (χ3v) is 4.19. The molecule has 0 spiro atoms. The minimum Gasteiger partial charge on any atom is -0.423 e. The molecule has 0 saturated carbocycles. The normalized spacial score (nSPS) is 14.5. The third kappa shape index (κ3) is 2.77. The van der Waals surface area contributed by atoms with Crippen molar-refractivity contribution in [2.75, 3.05) is 0 Å². The number of rotatable bonds is 3. The van der Waals surface area contributed by atoms with E-state index in [9.17, 15) is 14.4 Å². The molecular formula is C17H11Cl2NO4. The van der Waals surface area contributed by atoms with Crippen molar-refractivity contribution in [3.8, 4) is 5.75 Å². The van der Waals surface area contributed by atoms with Crippen molar-refractivity contribution < 1.29 is 19.1 Å². The summed E-state index contributed by atoms with van der Waals surface area (Å²) in [5.74, 6) is -1.72.